The SMILES string of the molecule is CC(=O)Nc1cc(Nc2ncnc(N3CCN(Cc4ccc(OC(F)(F)F)cc4)CC3)n2)ccc1C. The second kappa shape index (κ2) is 10.8. The molecule has 3 aromatic rings. The van der Waals surface area contributed by atoms with Gasteiger partial charge >= 0.3 is 6.36 Å². The van der Waals surface area contributed by atoms with E-state index >= 15 is 0 Å². The number of hydrogen-bond donors (Lipinski definition) is 2. The molecule has 0 aliphatic carbocycles. The van der Waals surface area contributed by atoms with E-state index in [1.54, 1.807) is 12.1 Å². The molecule has 0 atom stereocenters. The number of anilines is 4. The van der Waals surface area contributed by atoms with Crippen LogP contribution in [0.1, 0.15) is 18.1 Å². The van der Waals surface area contributed by atoms with Gasteiger partial charge in [0.25, 0.3) is 0 Å². The van der Waals surface area contributed by atoms with E-state index < -0.39 is 6.36 Å². The summed E-state index contributed by atoms with van der Waals surface area (Å²) in [4.78, 5) is 28.7. The molecule has 0 saturated carbocycles. The Morgan fingerprint density at radius 2 is 1.78 bits per heavy atom. The average molecular weight is 502 g/mol. The van der Waals surface area contributed by atoms with Crippen molar-refractivity contribution in [1.29, 1.82) is 0 Å². The van der Waals surface area contributed by atoms with Crippen molar-refractivity contribution in [2.75, 3.05) is 41.7 Å². The minimum Gasteiger partial charge on any atom is -0.406 e. The van der Waals surface area contributed by atoms with Crippen LogP contribution in [-0.4, -0.2) is 58.3 Å². The van der Waals surface area contributed by atoms with Crippen molar-refractivity contribution in [2.45, 2.75) is 26.8 Å². The van der Waals surface area contributed by atoms with Gasteiger partial charge < -0.3 is 20.3 Å². The Balaban J connectivity index is 1.33. The number of piperazine rings is 1. The summed E-state index contributed by atoms with van der Waals surface area (Å²) in [6.07, 6.45) is -3.25. The zero-order valence-corrected chi connectivity index (χ0v) is 19.8. The molecule has 1 fully saturated rings. The van der Waals surface area contributed by atoms with Crippen molar-refractivity contribution in [1.82, 2.24) is 19.9 Å². The van der Waals surface area contributed by atoms with Crippen molar-refractivity contribution in [2.24, 2.45) is 0 Å². The molecule has 36 heavy (non-hydrogen) atoms. The number of halogens is 3. The average Bonchev–Trinajstić information content (AvgIpc) is 2.82. The van der Waals surface area contributed by atoms with Gasteiger partial charge in [-0.1, -0.05) is 18.2 Å². The summed E-state index contributed by atoms with van der Waals surface area (Å²) < 4.78 is 40.9. The quantitative estimate of drug-likeness (QED) is 0.500. The highest BCUT2D eigenvalue weighted by molar-refractivity contribution is 5.90. The number of carbonyl (C=O) groups is 1. The predicted molar refractivity (Wildman–Crippen MR) is 129 cm³/mol. The van der Waals surface area contributed by atoms with Crippen LogP contribution in [0.2, 0.25) is 0 Å². The predicted octanol–water partition coefficient (Wildman–Crippen LogP) is 4.10. The van der Waals surface area contributed by atoms with Crippen molar-refractivity contribution >= 4 is 29.2 Å². The van der Waals surface area contributed by atoms with E-state index in [1.807, 2.05) is 25.1 Å². The molecule has 0 bridgehead atoms. The molecule has 1 saturated heterocycles. The van der Waals surface area contributed by atoms with Gasteiger partial charge in [0, 0.05) is 51.0 Å². The summed E-state index contributed by atoms with van der Waals surface area (Å²) in [6, 6.07) is 11.5. The van der Waals surface area contributed by atoms with Crippen LogP contribution in [-0.2, 0) is 11.3 Å². The van der Waals surface area contributed by atoms with Gasteiger partial charge in [-0.3, -0.25) is 9.69 Å². The maximum Gasteiger partial charge on any atom is 0.573 e. The first-order valence-corrected chi connectivity index (χ1v) is 11.3. The van der Waals surface area contributed by atoms with E-state index in [9.17, 15) is 18.0 Å². The molecule has 190 valence electrons. The molecule has 4 rings (SSSR count). The molecule has 1 aliphatic heterocycles. The van der Waals surface area contributed by atoms with E-state index in [0.29, 0.717) is 37.2 Å². The Morgan fingerprint density at radius 1 is 1.06 bits per heavy atom. The lowest BCUT2D eigenvalue weighted by molar-refractivity contribution is -0.274. The number of aromatic nitrogens is 3. The molecule has 0 radical (unpaired) electrons. The maximum absolute atomic E-state index is 12.3. The molecular formula is C24H26F3N7O2. The number of benzene rings is 2. The third-order valence-corrected chi connectivity index (χ3v) is 5.58. The lowest BCUT2D eigenvalue weighted by atomic mass is 10.2. The van der Waals surface area contributed by atoms with Gasteiger partial charge in [-0.05, 0) is 42.3 Å². The Kier molecular flexibility index (Phi) is 7.53. The fourth-order valence-corrected chi connectivity index (χ4v) is 3.81. The molecular weight excluding hydrogens is 475 g/mol. The third kappa shape index (κ3) is 7.04. The molecule has 1 aromatic heterocycles. The van der Waals surface area contributed by atoms with Gasteiger partial charge in [0.1, 0.15) is 12.1 Å². The second-order valence-corrected chi connectivity index (χ2v) is 8.40. The molecule has 0 spiro atoms. The lowest BCUT2D eigenvalue weighted by Gasteiger charge is -2.34. The van der Waals surface area contributed by atoms with Gasteiger partial charge in [0.2, 0.25) is 17.8 Å². The summed E-state index contributed by atoms with van der Waals surface area (Å²) >= 11 is 0. The summed E-state index contributed by atoms with van der Waals surface area (Å²) in [6.45, 7) is 6.86. The van der Waals surface area contributed by atoms with Gasteiger partial charge in [-0.25, -0.2) is 9.97 Å². The number of nitrogens with zero attached hydrogens (tertiary/aromatic N) is 5. The van der Waals surface area contributed by atoms with E-state index in [2.05, 4.69) is 40.1 Å². The van der Waals surface area contributed by atoms with Crippen LogP contribution in [0.5, 0.6) is 5.75 Å². The van der Waals surface area contributed by atoms with Crippen molar-refractivity contribution in [3.05, 3.63) is 59.9 Å². The number of nitrogens with one attached hydrogen (secondary N) is 2. The summed E-state index contributed by atoms with van der Waals surface area (Å²) in [7, 11) is 0. The van der Waals surface area contributed by atoms with Crippen LogP contribution in [0.25, 0.3) is 0 Å². The summed E-state index contributed by atoms with van der Waals surface area (Å²) in [5.74, 6) is 0.563. The lowest BCUT2D eigenvalue weighted by Crippen LogP contribution is -2.46. The normalized spacial score (nSPS) is 14.4. The third-order valence-electron chi connectivity index (χ3n) is 5.58. The molecule has 0 unspecified atom stereocenters. The monoisotopic (exact) mass is 501 g/mol. The van der Waals surface area contributed by atoms with Gasteiger partial charge in [0.05, 0.1) is 0 Å². The van der Waals surface area contributed by atoms with E-state index in [-0.39, 0.29) is 11.7 Å². The van der Waals surface area contributed by atoms with Crippen LogP contribution >= 0.6 is 0 Å². The smallest absolute Gasteiger partial charge is 0.406 e. The number of alkyl halides is 3. The molecule has 9 nitrogen and oxygen atoms in total. The molecule has 1 aliphatic rings. The van der Waals surface area contributed by atoms with Crippen LogP contribution in [0.3, 0.4) is 0 Å². The zero-order chi connectivity index (χ0) is 25.7. The van der Waals surface area contributed by atoms with Crippen LogP contribution in [0.15, 0.2) is 48.8 Å². The Hall–Kier alpha value is -3.93. The number of amides is 1. The largest absolute Gasteiger partial charge is 0.573 e. The number of ether oxygens (including phenoxy) is 1. The summed E-state index contributed by atoms with van der Waals surface area (Å²) in [5.41, 5.74) is 3.29. The Labute approximate surface area is 206 Å². The van der Waals surface area contributed by atoms with Crippen molar-refractivity contribution < 1.29 is 22.7 Å². The topological polar surface area (TPSA) is 95.5 Å². The first-order chi connectivity index (χ1) is 17.1. The number of carbonyl (C=O) groups excluding carboxylic acids is 1. The van der Waals surface area contributed by atoms with Crippen LogP contribution in [0, 0.1) is 6.92 Å². The van der Waals surface area contributed by atoms with Gasteiger partial charge in [0.15, 0.2) is 0 Å². The number of hydrogen-bond acceptors (Lipinski definition) is 8. The number of aryl methyl sites for hydroxylation is 1. The van der Waals surface area contributed by atoms with Crippen LogP contribution in [0.4, 0.5) is 36.4 Å². The highest BCUT2D eigenvalue weighted by atomic mass is 19.4. The van der Waals surface area contributed by atoms with Crippen molar-refractivity contribution in [3.8, 4) is 5.75 Å². The molecule has 2 N–H and O–H groups in total. The van der Waals surface area contributed by atoms with Gasteiger partial charge in [-0.15, -0.1) is 13.2 Å². The fraction of sp³-hybridized carbons (Fsp3) is 0.333. The molecule has 12 heteroatoms. The highest BCUT2D eigenvalue weighted by Gasteiger charge is 2.31. The highest BCUT2D eigenvalue weighted by Crippen LogP contribution is 2.24. The molecule has 2 heterocycles. The second-order valence-electron chi connectivity index (χ2n) is 8.40. The van der Waals surface area contributed by atoms with E-state index in [1.165, 1.54) is 25.4 Å². The minimum absolute atomic E-state index is 0.149. The fourth-order valence-electron chi connectivity index (χ4n) is 3.81. The van der Waals surface area contributed by atoms with E-state index in [0.717, 1.165) is 29.9 Å². The van der Waals surface area contributed by atoms with Crippen LogP contribution < -0.4 is 20.3 Å². The Morgan fingerprint density at radius 3 is 2.44 bits per heavy atom. The van der Waals surface area contributed by atoms with Gasteiger partial charge in [-0.2, -0.15) is 4.98 Å². The molecule has 2 aromatic carbocycles. The van der Waals surface area contributed by atoms with Crippen molar-refractivity contribution in [3.63, 3.8) is 0 Å². The minimum atomic E-state index is -4.70. The first-order valence-electron chi connectivity index (χ1n) is 11.3. The Bertz CT molecular complexity index is 1200. The standard InChI is InChI=1S/C24H26F3N7O2/c1-16-3-6-19(13-21(16)30-17(2)35)31-22-28-15-29-23(32-22)34-11-9-33(10-12-34)14-18-4-7-20(8-5-18)36-24(25,26)27/h3-8,13,15H,9-12,14H2,1-2H3,(H,30,35)(H,28,29,31,32). The maximum atomic E-state index is 12.3. The number of rotatable bonds is 7. The van der Waals surface area contributed by atoms with E-state index in [4.69, 9.17) is 0 Å². The zero-order valence-electron chi connectivity index (χ0n) is 19.8. The first kappa shape index (κ1) is 25.2. The molecule has 1 amide bonds. The summed E-state index contributed by atoms with van der Waals surface area (Å²) in [5, 5.41) is 5.95.